The minimum atomic E-state index is -2.60. The first-order valence-electron chi connectivity index (χ1n) is 12.0. The highest BCUT2D eigenvalue weighted by Crippen LogP contribution is 2.39. The number of aromatic nitrogens is 2. The number of nitro groups is 1. The van der Waals surface area contributed by atoms with Crippen LogP contribution < -0.4 is 20.7 Å². The number of nitrogens with zero attached hydrogens (tertiary/aromatic N) is 5. The van der Waals surface area contributed by atoms with Crippen LogP contribution in [0.2, 0.25) is 5.02 Å². The zero-order valence-corrected chi connectivity index (χ0v) is 23.6. The number of carbonyl (C=O) groups is 1. The van der Waals surface area contributed by atoms with Crippen molar-refractivity contribution in [1.82, 2.24) is 19.8 Å². The van der Waals surface area contributed by atoms with Crippen LogP contribution in [0.4, 0.5) is 28.8 Å². The van der Waals surface area contributed by atoms with Gasteiger partial charge in [0, 0.05) is 43.6 Å². The molecule has 2 heterocycles. The van der Waals surface area contributed by atoms with Crippen molar-refractivity contribution in [3.05, 3.63) is 63.3 Å². The maximum atomic E-state index is 13.2. The SMILES string of the molecule is COc1cc(C(=O)N2CCN(C)CC2)c([N+](=O)[O-])cc1Nc1ncc(Cl)c(Nc2ccccc2P(C)(C)=O)n1. The number of carbonyl (C=O) groups excluding carboxylic acids is 1. The number of methoxy groups -OCH3 is 1. The Bertz CT molecular complexity index is 1460. The predicted molar refractivity (Wildman–Crippen MR) is 152 cm³/mol. The van der Waals surface area contributed by atoms with Gasteiger partial charge in [0.15, 0.2) is 5.82 Å². The molecule has 1 fully saturated rings. The minimum Gasteiger partial charge on any atom is -0.495 e. The lowest BCUT2D eigenvalue weighted by molar-refractivity contribution is -0.385. The van der Waals surface area contributed by atoms with Gasteiger partial charge < -0.3 is 29.7 Å². The molecule has 1 aliphatic rings. The Morgan fingerprint density at radius 1 is 1.13 bits per heavy atom. The number of benzene rings is 2. The van der Waals surface area contributed by atoms with E-state index in [0.29, 0.717) is 37.2 Å². The first-order valence-corrected chi connectivity index (χ1v) is 15.0. The zero-order valence-electron chi connectivity index (χ0n) is 22.0. The van der Waals surface area contributed by atoms with Crippen molar-refractivity contribution in [2.45, 2.75) is 0 Å². The lowest BCUT2D eigenvalue weighted by atomic mass is 10.1. The second-order valence-electron chi connectivity index (χ2n) is 9.43. The van der Waals surface area contributed by atoms with Crippen LogP contribution in [0.15, 0.2) is 42.6 Å². The van der Waals surface area contributed by atoms with E-state index in [4.69, 9.17) is 16.3 Å². The molecule has 1 aliphatic heterocycles. The van der Waals surface area contributed by atoms with Gasteiger partial charge in [-0.1, -0.05) is 23.7 Å². The van der Waals surface area contributed by atoms with E-state index in [1.807, 2.05) is 7.05 Å². The fourth-order valence-corrected chi connectivity index (χ4v) is 5.44. The molecule has 1 aromatic heterocycles. The minimum absolute atomic E-state index is 0.0634. The van der Waals surface area contributed by atoms with Gasteiger partial charge in [0.05, 0.1) is 29.6 Å². The number of nitro benzene ring substituents is 1. The monoisotopic (exact) mass is 573 g/mol. The maximum absolute atomic E-state index is 13.2. The Hall–Kier alpha value is -3.73. The summed E-state index contributed by atoms with van der Waals surface area (Å²) in [7, 11) is 0.751. The average molecular weight is 574 g/mol. The Kier molecular flexibility index (Phi) is 8.39. The molecule has 1 amide bonds. The molecular formula is C25H29ClN7O5P. The number of piperazine rings is 1. The van der Waals surface area contributed by atoms with E-state index in [-0.39, 0.29) is 39.5 Å². The first kappa shape index (κ1) is 28.3. The Morgan fingerprint density at radius 3 is 2.46 bits per heavy atom. The van der Waals surface area contributed by atoms with E-state index in [0.717, 1.165) is 0 Å². The molecule has 14 heteroatoms. The topological polar surface area (TPSA) is 143 Å². The second kappa shape index (κ2) is 11.6. The van der Waals surface area contributed by atoms with Crippen LogP contribution in [0.25, 0.3) is 0 Å². The van der Waals surface area contributed by atoms with Gasteiger partial charge in [-0.05, 0) is 32.5 Å². The second-order valence-corrected chi connectivity index (χ2v) is 13.0. The molecule has 4 rings (SSSR count). The molecule has 1 saturated heterocycles. The van der Waals surface area contributed by atoms with Crippen LogP contribution in [-0.2, 0) is 4.57 Å². The highest BCUT2D eigenvalue weighted by Gasteiger charge is 2.29. The number of ether oxygens (including phenoxy) is 1. The zero-order chi connectivity index (χ0) is 28.3. The third-order valence-electron chi connectivity index (χ3n) is 6.26. The van der Waals surface area contributed by atoms with E-state index in [9.17, 15) is 19.5 Å². The normalized spacial score (nSPS) is 14.1. The Balaban J connectivity index is 1.66. The summed E-state index contributed by atoms with van der Waals surface area (Å²) in [5.41, 5.74) is 0.341. The molecule has 206 valence electrons. The van der Waals surface area contributed by atoms with Crippen molar-refractivity contribution in [3.8, 4) is 5.75 Å². The summed E-state index contributed by atoms with van der Waals surface area (Å²) in [4.78, 5) is 36.8. The lowest BCUT2D eigenvalue weighted by Crippen LogP contribution is -2.47. The molecule has 39 heavy (non-hydrogen) atoms. The molecule has 12 nitrogen and oxygen atoms in total. The molecule has 0 atom stereocenters. The smallest absolute Gasteiger partial charge is 0.284 e. The van der Waals surface area contributed by atoms with Crippen molar-refractivity contribution in [2.75, 3.05) is 64.3 Å². The van der Waals surface area contributed by atoms with Gasteiger partial charge in [-0.3, -0.25) is 14.9 Å². The van der Waals surface area contributed by atoms with Crippen molar-refractivity contribution in [3.63, 3.8) is 0 Å². The van der Waals surface area contributed by atoms with Crippen LogP contribution in [0.3, 0.4) is 0 Å². The molecule has 0 radical (unpaired) electrons. The standard InChI is InChI=1S/C25H29ClN7O5P/c1-31-9-11-32(12-10-31)24(34)16-13-21(38-2)19(14-20(16)33(35)36)29-25-27-15-17(26)23(30-25)28-18-7-5-6-8-22(18)39(3,4)37/h5-8,13-15H,9-12H2,1-4H3,(H2,27,28,29,30). The number of likely N-dealkylation sites (N-methyl/N-ethyl adjacent to an activating group) is 1. The average Bonchev–Trinajstić information content (AvgIpc) is 2.90. The third-order valence-corrected chi connectivity index (χ3v) is 8.09. The summed E-state index contributed by atoms with van der Waals surface area (Å²) in [6.45, 7) is 5.63. The van der Waals surface area contributed by atoms with Crippen molar-refractivity contribution in [2.24, 2.45) is 0 Å². The van der Waals surface area contributed by atoms with Crippen molar-refractivity contribution in [1.29, 1.82) is 0 Å². The molecule has 0 bridgehead atoms. The first-order chi connectivity index (χ1) is 18.5. The van der Waals surface area contributed by atoms with Crippen LogP contribution >= 0.6 is 18.7 Å². The molecule has 0 saturated carbocycles. The van der Waals surface area contributed by atoms with Crippen LogP contribution in [0.5, 0.6) is 5.75 Å². The van der Waals surface area contributed by atoms with Crippen LogP contribution in [0.1, 0.15) is 10.4 Å². The number of anilines is 4. The van der Waals surface area contributed by atoms with Gasteiger partial charge >= 0.3 is 0 Å². The Morgan fingerprint density at radius 2 is 1.82 bits per heavy atom. The van der Waals surface area contributed by atoms with Crippen molar-refractivity contribution < 1.29 is 19.0 Å². The van der Waals surface area contributed by atoms with Gasteiger partial charge in [0.1, 0.15) is 23.5 Å². The largest absolute Gasteiger partial charge is 0.495 e. The number of nitrogens with one attached hydrogen (secondary N) is 2. The van der Waals surface area contributed by atoms with Gasteiger partial charge in [0.2, 0.25) is 5.95 Å². The molecule has 0 unspecified atom stereocenters. The Labute approximate surface area is 230 Å². The molecule has 3 aromatic rings. The third kappa shape index (κ3) is 6.47. The van der Waals surface area contributed by atoms with Gasteiger partial charge in [-0.25, -0.2) is 4.98 Å². The molecule has 0 aliphatic carbocycles. The maximum Gasteiger partial charge on any atom is 0.284 e. The predicted octanol–water partition coefficient (Wildman–Crippen LogP) is 4.17. The molecular weight excluding hydrogens is 545 g/mol. The summed E-state index contributed by atoms with van der Waals surface area (Å²) in [6, 6.07) is 9.71. The summed E-state index contributed by atoms with van der Waals surface area (Å²) >= 11 is 6.34. The van der Waals surface area contributed by atoms with Gasteiger partial charge in [-0.15, -0.1) is 0 Å². The van der Waals surface area contributed by atoms with Crippen LogP contribution in [-0.4, -0.2) is 84.3 Å². The lowest BCUT2D eigenvalue weighted by Gasteiger charge is -2.32. The summed E-state index contributed by atoms with van der Waals surface area (Å²) < 4.78 is 18.2. The number of amides is 1. The summed E-state index contributed by atoms with van der Waals surface area (Å²) in [5, 5.41) is 18.8. The van der Waals surface area contributed by atoms with E-state index in [1.165, 1.54) is 25.4 Å². The van der Waals surface area contributed by atoms with E-state index < -0.39 is 18.0 Å². The van der Waals surface area contributed by atoms with E-state index in [1.54, 1.807) is 42.5 Å². The fourth-order valence-electron chi connectivity index (χ4n) is 4.15. The fraction of sp³-hybridized carbons (Fsp3) is 0.320. The van der Waals surface area contributed by atoms with Crippen molar-refractivity contribution >= 4 is 58.8 Å². The highest BCUT2D eigenvalue weighted by atomic mass is 35.5. The highest BCUT2D eigenvalue weighted by molar-refractivity contribution is 7.70. The van der Waals surface area contributed by atoms with Crippen LogP contribution in [0, 0.1) is 10.1 Å². The number of halogens is 1. The van der Waals surface area contributed by atoms with Gasteiger partial charge in [-0.2, -0.15) is 4.98 Å². The number of para-hydroxylation sites is 1. The molecule has 2 N–H and O–H groups in total. The van der Waals surface area contributed by atoms with E-state index in [2.05, 4.69) is 25.5 Å². The quantitative estimate of drug-likeness (QED) is 0.229. The number of hydrogen-bond donors (Lipinski definition) is 2. The molecule has 0 spiro atoms. The summed E-state index contributed by atoms with van der Waals surface area (Å²) in [5.74, 6) is 0.0813. The van der Waals surface area contributed by atoms with Gasteiger partial charge in [0.25, 0.3) is 11.6 Å². The van der Waals surface area contributed by atoms with E-state index >= 15 is 0 Å². The molecule has 2 aromatic carbocycles. The number of rotatable bonds is 8. The summed E-state index contributed by atoms with van der Waals surface area (Å²) in [6.07, 6.45) is 1.37. The number of hydrogen-bond acceptors (Lipinski definition) is 10.